The molecule has 25 heavy (non-hydrogen) atoms. The van der Waals surface area contributed by atoms with E-state index in [-0.39, 0.29) is 18.1 Å². The van der Waals surface area contributed by atoms with Gasteiger partial charge in [0.05, 0.1) is 18.3 Å². The Kier molecular flexibility index (Phi) is 5.83. The summed E-state index contributed by atoms with van der Waals surface area (Å²) in [5.74, 6) is 0.617. The first kappa shape index (κ1) is 17.6. The molecular formula is C19H26N4O2. The molecular weight excluding hydrogens is 316 g/mol. The van der Waals surface area contributed by atoms with Gasteiger partial charge in [-0.2, -0.15) is 5.10 Å². The van der Waals surface area contributed by atoms with Crippen LogP contribution in [0.2, 0.25) is 0 Å². The van der Waals surface area contributed by atoms with Gasteiger partial charge in [-0.15, -0.1) is 0 Å². The molecule has 6 nitrogen and oxygen atoms in total. The van der Waals surface area contributed by atoms with Crippen molar-refractivity contribution < 1.29 is 9.90 Å². The number of anilines is 1. The average Bonchev–Trinajstić information content (AvgIpc) is 3.11. The topological polar surface area (TPSA) is 70.4 Å². The SMILES string of the molecule is CC[C@@H](O)CN1CCC(n2nccc2NC(=O)c2ccccc2)CC1. The van der Waals surface area contributed by atoms with Gasteiger partial charge in [0.2, 0.25) is 0 Å². The highest BCUT2D eigenvalue weighted by atomic mass is 16.3. The lowest BCUT2D eigenvalue weighted by Gasteiger charge is -2.33. The van der Waals surface area contributed by atoms with Gasteiger partial charge in [0.25, 0.3) is 5.91 Å². The molecule has 2 aromatic rings. The number of piperidine rings is 1. The zero-order valence-electron chi connectivity index (χ0n) is 14.6. The number of nitrogens with one attached hydrogen (secondary N) is 1. The first-order valence-electron chi connectivity index (χ1n) is 8.97. The lowest BCUT2D eigenvalue weighted by molar-refractivity contribution is 0.0867. The number of β-amino-alcohol motifs (C(OH)–C–C–N with tert-alkyl or cyclic N) is 1. The molecule has 1 fully saturated rings. The van der Waals surface area contributed by atoms with E-state index in [0.717, 1.165) is 44.7 Å². The molecule has 0 bridgehead atoms. The van der Waals surface area contributed by atoms with E-state index >= 15 is 0 Å². The Hall–Kier alpha value is -2.18. The molecule has 1 aromatic carbocycles. The highest BCUT2D eigenvalue weighted by Crippen LogP contribution is 2.25. The Morgan fingerprint density at radius 2 is 2.00 bits per heavy atom. The smallest absolute Gasteiger partial charge is 0.256 e. The van der Waals surface area contributed by atoms with E-state index in [4.69, 9.17) is 0 Å². The third kappa shape index (κ3) is 4.46. The quantitative estimate of drug-likeness (QED) is 0.846. The van der Waals surface area contributed by atoms with Crippen LogP contribution in [0.1, 0.15) is 42.6 Å². The average molecular weight is 342 g/mol. The fourth-order valence-electron chi connectivity index (χ4n) is 3.26. The number of benzene rings is 1. The van der Waals surface area contributed by atoms with Crippen LogP contribution >= 0.6 is 0 Å². The highest BCUT2D eigenvalue weighted by molar-refractivity contribution is 6.03. The van der Waals surface area contributed by atoms with Gasteiger partial charge in [-0.25, -0.2) is 4.68 Å². The molecule has 134 valence electrons. The number of hydrogen-bond acceptors (Lipinski definition) is 4. The third-order valence-electron chi connectivity index (χ3n) is 4.79. The lowest BCUT2D eigenvalue weighted by Crippen LogP contribution is -2.39. The molecule has 0 saturated carbocycles. The van der Waals surface area contributed by atoms with Crippen LogP contribution in [0.3, 0.4) is 0 Å². The van der Waals surface area contributed by atoms with Gasteiger partial charge < -0.3 is 15.3 Å². The van der Waals surface area contributed by atoms with Crippen molar-refractivity contribution in [1.29, 1.82) is 0 Å². The molecule has 1 atom stereocenters. The molecule has 2 N–H and O–H groups in total. The van der Waals surface area contributed by atoms with E-state index in [1.165, 1.54) is 0 Å². The monoisotopic (exact) mass is 342 g/mol. The second-order valence-corrected chi connectivity index (χ2v) is 6.58. The number of aliphatic hydroxyl groups is 1. The predicted molar refractivity (Wildman–Crippen MR) is 97.6 cm³/mol. The summed E-state index contributed by atoms with van der Waals surface area (Å²) in [4.78, 5) is 14.7. The molecule has 1 aliphatic rings. The maximum Gasteiger partial charge on any atom is 0.256 e. The van der Waals surface area contributed by atoms with Crippen molar-refractivity contribution in [2.45, 2.75) is 38.3 Å². The van der Waals surface area contributed by atoms with Gasteiger partial charge >= 0.3 is 0 Å². The van der Waals surface area contributed by atoms with Crippen molar-refractivity contribution in [1.82, 2.24) is 14.7 Å². The number of likely N-dealkylation sites (tertiary alicyclic amines) is 1. The summed E-state index contributed by atoms with van der Waals surface area (Å²) in [5, 5.41) is 17.2. The van der Waals surface area contributed by atoms with Gasteiger partial charge in [0.1, 0.15) is 5.82 Å². The van der Waals surface area contributed by atoms with Crippen LogP contribution in [0.4, 0.5) is 5.82 Å². The Morgan fingerprint density at radius 1 is 1.28 bits per heavy atom. The van der Waals surface area contributed by atoms with Gasteiger partial charge in [-0.1, -0.05) is 25.1 Å². The van der Waals surface area contributed by atoms with E-state index < -0.39 is 0 Å². The minimum absolute atomic E-state index is 0.120. The lowest BCUT2D eigenvalue weighted by atomic mass is 10.0. The van der Waals surface area contributed by atoms with Crippen molar-refractivity contribution in [2.24, 2.45) is 0 Å². The molecule has 0 unspecified atom stereocenters. The predicted octanol–water partition coefficient (Wildman–Crippen LogP) is 2.54. The number of carbonyl (C=O) groups is 1. The molecule has 1 aromatic heterocycles. The molecule has 3 rings (SSSR count). The first-order chi connectivity index (χ1) is 12.2. The normalized spacial score (nSPS) is 17.4. The van der Waals surface area contributed by atoms with Crippen molar-refractivity contribution >= 4 is 11.7 Å². The third-order valence-corrected chi connectivity index (χ3v) is 4.79. The number of aromatic nitrogens is 2. The summed E-state index contributed by atoms with van der Waals surface area (Å²) in [5.41, 5.74) is 0.638. The number of amides is 1. The van der Waals surface area contributed by atoms with Crippen LogP contribution in [0, 0.1) is 0 Å². The summed E-state index contributed by atoms with van der Waals surface area (Å²) in [6.07, 6.45) is 4.20. The summed E-state index contributed by atoms with van der Waals surface area (Å²) in [7, 11) is 0. The Bertz CT molecular complexity index is 678. The molecule has 0 spiro atoms. The summed E-state index contributed by atoms with van der Waals surface area (Å²) in [6.45, 7) is 4.62. The number of hydrogen-bond donors (Lipinski definition) is 2. The minimum Gasteiger partial charge on any atom is -0.392 e. The summed E-state index contributed by atoms with van der Waals surface area (Å²) in [6, 6.07) is 11.3. The fraction of sp³-hybridized carbons (Fsp3) is 0.474. The van der Waals surface area contributed by atoms with Crippen LogP contribution in [-0.2, 0) is 0 Å². The molecule has 1 aliphatic heterocycles. The second kappa shape index (κ2) is 8.27. The molecule has 0 radical (unpaired) electrons. The molecule has 6 heteroatoms. The van der Waals surface area contributed by atoms with Crippen LogP contribution in [0.5, 0.6) is 0 Å². The summed E-state index contributed by atoms with van der Waals surface area (Å²) >= 11 is 0. The van der Waals surface area contributed by atoms with E-state index in [1.807, 2.05) is 35.9 Å². The molecule has 0 aliphatic carbocycles. The zero-order valence-corrected chi connectivity index (χ0v) is 14.6. The van der Waals surface area contributed by atoms with E-state index in [0.29, 0.717) is 5.56 Å². The number of aliphatic hydroxyl groups excluding tert-OH is 1. The molecule has 1 saturated heterocycles. The van der Waals surface area contributed by atoms with Crippen molar-refractivity contribution in [3.8, 4) is 0 Å². The van der Waals surface area contributed by atoms with E-state index in [2.05, 4.69) is 15.3 Å². The maximum absolute atomic E-state index is 12.4. The Labute approximate surface area is 148 Å². The number of rotatable bonds is 6. The van der Waals surface area contributed by atoms with Crippen LogP contribution in [-0.4, -0.2) is 51.4 Å². The largest absolute Gasteiger partial charge is 0.392 e. The van der Waals surface area contributed by atoms with Crippen molar-refractivity contribution in [3.63, 3.8) is 0 Å². The Balaban J connectivity index is 1.60. The maximum atomic E-state index is 12.4. The van der Waals surface area contributed by atoms with Gasteiger partial charge in [-0.05, 0) is 31.4 Å². The van der Waals surface area contributed by atoms with Crippen molar-refractivity contribution in [3.05, 3.63) is 48.2 Å². The van der Waals surface area contributed by atoms with Gasteiger partial charge in [-0.3, -0.25) is 4.79 Å². The number of carbonyl (C=O) groups excluding carboxylic acids is 1. The van der Waals surface area contributed by atoms with Gasteiger partial charge in [0, 0.05) is 31.3 Å². The number of nitrogens with zero attached hydrogens (tertiary/aromatic N) is 3. The van der Waals surface area contributed by atoms with E-state index in [9.17, 15) is 9.90 Å². The zero-order chi connectivity index (χ0) is 17.6. The standard InChI is InChI=1S/C19H26N4O2/c1-2-17(24)14-22-12-9-16(10-13-22)23-18(8-11-20-23)21-19(25)15-6-4-3-5-7-15/h3-8,11,16-17,24H,2,9-10,12-14H2,1H3,(H,21,25)/t17-/m1/s1. The second-order valence-electron chi connectivity index (χ2n) is 6.58. The minimum atomic E-state index is -0.248. The molecule has 1 amide bonds. The fourth-order valence-corrected chi connectivity index (χ4v) is 3.26. The molecule has 2 heterocycles. The highest BCUT2D eigenvalue weighted by Gasteiger charge is 2.24. The summed E-state index contributed by atoms with van der Waals surface area (Å²) < 4.78 is 1.93. The Morgan fingerprint density at radius 3 is 2.68 bits per heavy atom. The first-order valence-corrected chi connectivity index (χ1v) is 8.97. The van der Waals surface area contributed by atoms with Gasteiger partial charge in [0.15, 0.2) is 0 Å². The van der Waals surface area contributed by atoms with Crippen LogP contribution in [0.25, 0.3) is 0 Å². The van der Waals surface area contributed by atoms with Crippen LogP contribution < -0.4 is 5.32 Å². The van der Waals surface area contributed by atoms with Crippen molar-refractivity contribution in [2.75, 3.05) is 25.0 Å². The van der Waals surface area contributed by atoms with E-state index in [1.54, 1.807) is 18.3 Å². The van der Waals surface area contributed by atoms with Crippen LogP contribution in [0.15, 0.2) is 42.6 Å².